The number of halogens is 1. The minimum atomic E-state index is -0.401. The first-order chi connectivity index (χ1) is 19.6. The first-order valence-corrected chi connectivity index (χ1v) is 14.3. The fraction of sp³-hybridized carbons (Fsp3) is 0.257. The second-order valence-corrected chi connectivity index (χ2v) is 11.9. The molecule has 0 atom stereocenters. The Hall–Kier alpha value is -4.09. The highest BCUT2D eigenvalue weighted by atomic mass is 35.5. The Balaban J connectivity index is 1.68. The predicted molar refractivity (Wildman–Crippen MR) is 170 cm³/mol. The average Bonchev–Trinajstić information content (AvgIpc) is 3.16. The zero-order valence-corrected chi connectivity index (χ0v) is 24.8. The maximum atomic E-state index is 11.6. The van der Waals surface area contributed by atoms with Crippen LogP contribution in [0.2, 0.25) is 5.02 Å². The van der Waals surface area contributed by atoms with Crippen LogP contribution >= 0.6 is 11.6 Å². The molecule has 0 amide bonds. The van der Waals surface area contributed by atoms with Crippen molar-refractivity contribution in [3.8, 4) is 0 Å². The lowest BCUT2D eigenvalue weighted by molar-refractivity contribution is -0.384. The van der Waals surface area contributed by atoms with Crippen molar-refractivity contribution in [3.63, 3.8) is 0 Å². The Morgan fingerprint density at radius 1 is 0.927 bits per heavy atom. The molecule has 1 heterocycles. The number of hydrogen-bond acceptors (Lipinski definition) is 4. The summed E-state index contributed by atoms with van der Waals surface area (Å²) < 4.78 is 0. The number of anilines is 2. The number of nitro benzene ring substituents is 1. The van der Waals surface area contributed by atoms with Crippen molar-refractivity contribution in [2.24, 2.45) is 0 Å². The smallest absolute Gasteiger partial charge is 0.269 e. The molecule has 0 saturated heterocycles. The van der Waals surface area contributed by atoms with Crippen LogP contribution in [0.4, 0.5) is 17.1 Å². The molecule has 0 saturated carbocycles. The maximum Gasteiger partial charge on any atom is 0.269 e. The lowest BCUT2D eigenvalue weighted by atomic mass is 9.68. The van der Waals surface area contributed by atoms with Gasteiger partial charge in [-0.1, -0.05) is 92.2 Å². The van der Waals surface area contributed by atoms with E-state index in [1.807, 2.05) is 19.2 Å². The van der Waals surface area contributed by atoms with E-state index >= 15 is 0 Å². The third-order valence-corrected chi connectivity index (χ3v) is 8.74. The fourth-order valence-electron chi connectivity index (χ4n) is 6.46. The number of hydrogen-bond donors (Lipinski definition) is 1. The molecule has 5 rings (SSSR count). The van der Waals surface area contributed by atoms with Gasteiger partial charge in [0, 0.05) is 59.2 Å². The number of allylic oxidation sites excluding steroid dienone is 2. The van der Waals surface area contributed by atoms with E-state index in [9.17, 15) is 10.1 Å². The molecular formula is C35H36ClN3O2. The highest BCUT2D eigenvalue weighted by Gasteiger charge is 2.41. The molecule has 4 aromatic carbocycles. The Bertz CT molecular complexity index is 1540. The first kappa shape index (κ1) is 28.4. The fourth-order valence-corrected chi connectivity index (χ4v) is 6.63. The number of likely N-dealkylation sites (N-methyl/N-ethyl adjacent to an activating group) is 1. The SMILES string of the molecule is CNc1ccc(Cl)cc1C(C/C=C1/N(C)c2ccc([N+](=O)[O-])cc2C1(C)C)(Cc1ccccc1)Cc1ccccc1. The number of nitrogens with zero attached hydrogens (tertiary/aromatic N) is 2. The number of fused-ring (bicyclic) bond motifs is 1. The maximum absolute atomic E-state index is 11.6. The van der Waals surface area contributed by atoms with Crippen LogP contribution in [0.5, 0.6) is 0 Å². The zero-order valence-electron chi connectivity index (χ0n) is 24.0. The molecule has 0 bridgehead atoms. The molecule has 0 unspecified atom stereocenters. The normalized spacial score (nSPS) is 15.1. The van der Waals surface area contributed by atoms with Crippen LogP contribution in [-0.4, -0.2) is 19.0 Å². The molecule has 1 N–H and O–H groups in total. The van der Waals surface area contributed by atoms with Crippen molar-refractivity contribution in [1.29, 1.82) is 0 Å². The van der Waals surface area contributed by atoms with E-state index in [1.54, 1.807) is 12.1 Å². The third kappa shape index (κ3) is 5.59. The molecule has 6 heteroatoms. The quantitative estimate of drug-likeness (QED) is 0.163. The van der Waals surface area contributed by atoms with Crippen LogP contribution in [0.1, 0.15) is 42.5 Å². The molecule has 210 valence electrons. The highest BCUT2D eigenvalue weighted by Crippen LogP contribution is 2.49. The Kier molecular flexibility index (Phi) is 7.92. The van der Waals surface area contributed by atoms with Crippen molar-refractivity contribution in [1.82, 2.24) is 0 Å². The van der Waals surface area contributed by atoms with Crippen LogP contribution in [0.15, 0.2) is 109 Å². The summed E-state index contributed by atoms with van der Waals surface area (Å²) in [5, 5.41) is 15.7. The van der Waals surface area contributed by atoms with E-state index in [0.717, 1.165) is 41.9 Å². The van der Waals surface area contributed by atoms with E-state index in [4.69, 9.17) is 11.6 Å². The van der Waals surface area contributed by atoms with Crippen molar-refractivity contribution in [2.45, 2.75) is 43.9 Å². The van der Waals surface area contributed by atoms with Crippen molar-refractivity contribution >= 4 is 28.7 Å². The summed E-state index contributed by atoms with van der Waals surface area (Å²) in [6.07, 6.45) is 4.71. The van der Waals surface area contributed by atoms with Crippen LogP contribution in [0.25, 0.3) is 0 Å². The number of benzene rings is 4. The van der Waals surface area contributed by atoms with Gasteiger partial charge >= 0.3 is 0 Å². The van der Waals surface area contributed by atoms with Crippen LogP contribution in [0, 0.1) is 10.1 Å². The van der Waals surface area contributed by atoms with E-state index in [0.29, 0.717) is 5.02 Å². The van der Waals surface area contributed by atoms with Gasteiger partial charge in [0.15, 0.2) is 0 Å². The van der Waals surface area contributed by atoms with Gasteiger partial charge in [-0.25, -0.2) is 0 Å². The number of rotatable bonds is 9. The van der Waals surface area contributed by atoms with Gasteiger partial charge in [-0.05, 0) is 65.8 Å². The summed E-state index contributed by atoms with van der Waals surface area (Å²) in [6, 6.07) is 32.5. The summed E-state index contributed by atoms with van der Waals surface area (Å²) in [6.45, 7) is 4.30. The van der Waals surface area contributed by atoms with Gasteiger partial charge < -0.3 is 10.2 Å². The topological polar surface area (TPSA) is 58.4 Å². The van der Waals surface area contributed by atoms with Gasteiger partial charge in [-0.15, -0.1) is 0 Å². The molecule has 0 radical (unpaired) electrons. The Morgan fingerprint density at radius 2 is 1.54 bits per heavy atom. The molecule has 1 aliphatic heterocycles. The molecule has 4 aromatic rings. The van der Waals surface area contributed by atoms with E-state index in [-0.39, 0.29) is 16.0 Å². The Morgan fingerprint density at radius 3 is 2.10 bits per heavy atom. The molecule has 5 nitrogen and oxygen atoms in total. The largest absolute Gasteiger partial charge is 0.388 e. The zero-order chi connectivity index (χ0) is 29.2. The summed E-state index contributed by atoms with van der Waals surface area (Å²) in [7, 11) is 4.01. The highest BCUT2D eigenvalue weighted by molar-refractivity contribution is 6.30. The van der Waals surface area contributed by atoms with E-state index in [2.05, 4.69) is 110 Å². The minimum Gasteiger partial charge on any atom is -0.388 e. The summed E-state index contributed by atoms with van der Waals surface area (Å²) in [5.74, 6) is 0. The van der Waals surface area contributed by atoms with E-state index in [1.165, 1.54) is 16.7 Å². The van der Waals surface area contributed by atoms with Crippen molar-refractivity contribution in [2.75, 3.05) is 24.3 Å². The second-order valence-electron chi connectivity index (χ2n) is 11.5. The lowest BCUT2D eigenvalue weighted by Gasteiger charge is -2.37. The molecule has 0 aromatic heterocycles. The summed E-state index contributed by atoms with van der Waals surface area (Å²) >= 11 is 6.68. The number of non-ortho nitro benzene ring substituents is 1. The monoisotopic (exact) mass is 565 g/mol. The summed E-state index contributed by atoms with van der Waals surface area (Å²) in [4.78, 5) is 13.5. The molecule has 0 aliphatic carbocycles. The average molecular weight is 566 g/mol. The first-order valence-electron chi connectivity index (χ1n) is 13.9. The van der Waals surface area contributed by atoms with Crippen LogP contribution < -0.4 is 10.2 Å². The summed E-state index contributed by atoms with van der Waals surface area (Å²) in [5.41, 5.74) is 7.21. The van der Waals surface area contributed by atoms with Crippen molar-refractivity contribution in [3.05, 3.63) is 146 Å². The number of nitrogens with one attached hydrogen (secondary N) is 1. The predicted octanol–water partition coefficient (Wildman–Crippen LogP) is 8.71. The minimum absolute atomic E-state index is 0.117. The third-order valence-electron chi connectivity index (χ3n) is 8.51. The molecule has 1 aliphatic rings. The van der Waals surface area contributed by atoms with Gasteiger partial charge in [-0.3, -0.25) is 10.1 Å². The van der Waals surface area contributed by atoms with Crippen molar-refractivity contribution < 1.29 is 4.92 Å². The molecule has 0 spiro atoms. The lowest BCUT2D eigenvalue weighted by Crippen LogP contribution is -2.33. The molecular weight excluding hydrogens is 530 g/mol. The number of nitro groups is 1. The van der Waals surface area contributed by atoms with Crippen LogP contribution in [-0.2, 0) is 23.7 Å². The van der Waals surface area contributed by atoms with E-state index < -0.39 is 5.41 Å². The standard InChI is InChI=1S/C35H36ClN3O2/c1-34(2)30-22-28(39(40)41)16-18-32(30)38(4)33(34)19-20-35(23-25-11-7-5-8-12-25,24-26-13-9-6-10-14-26)29-21-27(36)15-17-31(29)37-3/h5-19,21-22,37H,20,23-24H2,1-4H3/b33-19+. The van der Waals surface area contributed by atoms with Gasteiger partial charge in [0.05, 0.1) is 4.92 Å². The van der Waals surface area contributed by atoms with Gasteiger partial charge in [-0.2, -0.15) is 0 Å². The molecule has 41 heavy (non-hydrogen) atoms. The van der Waals surface area contributed by atoms with Crippen LogP contribution in [0.3, 0.4) is 0 Å². The van der Waals surface area contributed by atoms with Gasteiger partial charge in [0.1, 0.15) is 0 Å². The second kappa shape index (κ2) is 11.4. The Labute approximate surface area is 247 Å². The van der Waals surface area contributed by atoms with Gasteiger partial charge in [0.2, 0.25) is 0 Å². The molecule has 0 fully saturated rings. The van der Waals surface area contributed by atoms with Gasteiger partial charge in [0.25, 0.3) is 5.69 Å².